The van der Waals surface area contributed by atoms with E-state index in [1.54, 1.807) is 0 Å². The van der Waals surface area contributed by atoms with Gasteiger partial charge in [0.2, 0.25) is 10.0 Å². The van der Waals surface area contributed by atoms with Crippen molar-refractivity contribution in [1.29, 1.82) is 5.26 Å². The number of nitrogens with zero attached hydrogens (tertiary/aromatic N) is 2. The van der Waals surface area contributed by atoms with E-state index < -0.39 is 88.3 Å². The smallest absolute Gasteiger partial charge is 0.393 e. The second kappa shape index (κ2) is 8.74. The molecule has 8 nitrogen and oxygen atoms in total. The van der Waals surface area contributed by atoms with E-state index >= 15 is 0 Å². The van der Waals surface area contributed by atoms with Crippen LogP contribution in [0.15, 0.2) is 46.2 Å². The fourth-order valence-corrected chi connectivity index (χ4v) is 7.59. The molecule has 0 radical (unpaired) electrons. The lowest BCUT2D eigenvalue weighted by Gasteiger charge is -2.26. The van der Waals surface area contributed by atoms with Gasteiger partial charge in [-0.1, -0.05) is 11.6 Å². The highest BCUT2D eigenvalue weighted by atomic mass is 35.5. The van der Waals surface area contributed by atoms with E-state index in [0.29, 0.717) is 28.6 Å². The van der Waals surface area contributed by atoms with E-state index in [1.165, 1.54) is 6.07 Å². The third-order valence-electron chi connectivity index (χ3n) is 5.33. The number of halogens is 5. The van der Waals surface area contributed by atoms with Gasteiger partial charge in [-0.05, 0) is 36.4 Å². The number of aliphatic hydroxyl groups is 2. The molecule has 2 N–H and O–H groups in total. The van der Waals surface area contributed by atoms with E-state index in [0.717, 1.165) is 12.1 Å². The van der Waals surface area contributed by atoms with Crippen molar-refractivity contribution in [3.05, 3.63) is 58.4 Å². The Hall–Kier alpha value is -2.28. The summed E-state index contributed by atoms with van der Waals surface area (Å²) in [6.45, 7) is -3.06. The summed E-state index contributed by atoms with van der Waals surface area (Å²) in [4.78, 5) is -1.45. The topological polar surface area (TPSA) is 136 Å². The third-order valence-corrected chi connectivity index (χ3v) is 9.88. The van der Waals surface area contributed by atoms with Crippen LogP contribution in [-0.2, 0) is 26.0 Å². The second-order valence-corrected chi connectivity index (χ2v) is 11.9. The van der Waals surface area contributed by atoms with Crippen LogP contribution >= 0.6 is 11.6 Å². The lowest BCUT2D eigenvalue weighted by atomic mass is 10.1. The van der Waals surface area contributed by atoms with Gasteiger partial charge < -0.3 is 10.2 Å². The second-order valence-electron chi connectivity index (χ2n) is 7.49. The van der Waals surface area contributed by atoms with Crippen molar-refractivity contribution >= 4 is 31.5 Å². The first kappa shape index (κ1) is 26.3. The molecule has 1 unspecified atom stereocenters. The summed E-state index contributed by atoms with van der Waals surface area (Å²) < 4.78 is 105. The van der Waals surface area contributed by atoms with Gasteiger partial charge in [-0.25, -0.2) is 21.2 Å². The van der Waals surface area contributed by atoms with Gasteiger partial charge in [-0.2, -0.15) is 22.7 Å². The van der Waals surface area contributed by atoms with Crippen molar-refractivity contribution in [2.75, 3.05) is 19.7 Å². The molecule has 1 saturated heterocycles. The normalized spacial score (nSPS) is 22.0. The first-order chi connectivity index (χ1) is 15.6. The van der Waals surface area contributed by atoms with E-state index in [1.807, 2.05) is 0 Å². The van der Waals surface area contributed by atoms with Crippen molar-refractivity contribution in [1.82, 2.24) is 4.31 Å². The zero-order valence-corrected chi connectivity index (χ0v) is 19.2. The molecule has 1 aliphatic heterocycles. The monoisotopic (exact) mass is 542 g/mol. The number of alkyl halides is 3. The molecule has 0 amide bonds. The highest BCUT2D eigenvalue weighted by molar-refractivity contribution is 7.92. The maximum absolute atomic E-state index is 14.0. The Morgan fingerprint density at radius 2 is 1.82 bits per heavy atom. The largest absolute Gasteiger partial charge is 0.416 e. The summed E-state index contributed by atoms with van der Waals surface area (Å²) >= 11 is 5.77. The van der Waals surface area contributed by atoms with Crippen LogP contribution in [0.5, 0.6) is 0 Å². The predicted octanol–water partition coefficient (Wildman–Crippen LogP) is 1.94. The van der Waals surface area contributed by atoms with Crippen molar-refractivity contribution in [2.45, 2.75) is 26.8 Å². The van der Waals surface area contributed by atoms with Crippen molar-refractivity contribution < 1.29 is 44.6 Å². The SMILES string of the molecule is N#Cc1ccc(S(=O)(=O)C2CN(S(=O)(=O)c3ccc(C(F)(F)F)cc3Cl)C[C@]2(O)CO)cc1F. The zero-order chi connectivity index (χ0) is 25.7. The average molecular weight is 543 g/mol. The molecule has 1 fully saturated rings. The number of aliphatic hydroxyl groups excluding tert-OH is 1. The summed E-state index contributed by atoms with van der Waals surface area (Å²) in [5, 5.41) is 26.5. The number of benzene rings is 2. The molecule has 0 aromatic heterocycles. The molecule has 0 spiro atoms. The Balaban J connectivity index is 2.03. The van der Waals surface area contributed by atoms with Gasteiger partial charge in [-0.3, -0.25) is 0 Å². The Morgan fingerprint density at radius 3 is 2.32 bits per heavy atom. The molecule has 2 atom stereocenters. The molecule has 34 heavy (non-hydrogen) atoms. The fourth-order valence-electron chi connectivity index (χ4n) is 3.50. The van der Waals surface area contributed by atoms with Gasteiger partial charge in [0.05, 0.1) is 27.7 Å². The molecule has 0 aliphatic carbocycles. The standard InChI is InChI=1S/C19H15ClF4N2O6S2/c20-14-5-12(19(22,23)24)2-4-16(14)34(31,32)26-8-17(18(28,9-26)10-27)33(29,30)13-3-1-11(7-25)15(21)6-13/h1-6,17,27-28H,8-10H2/t17?,18-/m0/s1. The van der Waals surface area contributed by atoms with Gasteiger partial charge in [-0.15, -0.1) is 0 Å². The predicted molar refractivity (Wildman–Crippen MR) is 109 cm³/mol. The van der Waals surface area contributed by atoms with E-state index in [4.69, 9.17) is 16.9 Å². The Kier molecular flexibility index (Phi) is 6.77. The number of sulfone groups is 1. The molecular weight excluding hydrogens is 528 g/mol. The molecule has 2 aromatic rings. The summed E-state index contributed by atoms with van der Waals surface area (Å²) in [7, 11) is -9.39. The van der Waals surface area contributed by atoms with E-state index in [9.17, 15) is 44.6 Å². The van der Waals surface area contributed by atoms with Crippen LogP contribution in [0, 0.1) is 17.1 Å². The van der Waals surface area contributed by atoms with Gasteiger partial charge >= 0.3 is 6.18 Å². The maximum atomic E-state index is 14.0. The summed E-state index contributed by atoms with van der Waals surface area (Å²) in [6, 6.07) is 5.25. The van der Waals surface area contributed by atoms with Crippen molar-refractivity contribution in [2.24, 2.45) is 0 Å². The van der Waals surface area contributed by atoms with Crippen LogP contribution in [0.25, 0.3) is 0 Å². The van der Waals surface area contributed by atoms with Gasteiger partial charge in [0.1, 0.15) is 27.6 Å². The minimum atomic E-state index is -4.80. The highest BCUT2D eigenvalue weighted by Crippen LogP contribution is 2.38. The molecular formula is C19H15ClF4N2O6S2. The third kappa shape index (κ3) is 4.51. The molecule has 184 valence electrons. The van der Waals surface area contributed by atoms with Gasteiger partial charge in [0.15, 0.2) is 9.84 Å². The van der Waals surface area contributed by atoms with Crippen LogP contribution in [0.4, 0.5) is 17.6 Å². The first-order valence-electron chi connectivity index (χ1n) is 9.21. The van der Waals surface area contributed by atoms with Crippen molar-refractivity contribution in [3.8, 4) is 6.07 Å². The Bertz CT molecular complexity index is 1390. The molecule has 2 aromatic carbocycles. The highest BCUT2D eigenvalue weighted by Gasteiger charge is 2.55. The van der Waals surface area contributed by atoms with Crippen LogP contribution < -0.4 is 0 Å². The lowest BCUT2D eigenvalue weighted by molar-refractivity contribution is -0.137. The number of nitriles is 1. The molecule has 3 rings (SSSR count). The number of hydrogen-bond acceptors (Lipinski definition) is 7. The van der Waals surface area contributed by atoms with Crippen molar-refractivity contribution in [3.63, 3.8) is 0 Å². The first-order valence-corrected chi connectivity index (χ1v) is 12.6. The number of β-amino-alcohol motifs (C(OH)–C–C–N with tert-alkyl or cyclic N) is 1. The molecule has 15 heteroatoms. The number of sulfonamides is 1. The lowest BCUT2D eigenvalue weighted by Crippen LogP contribution is -2.49. The maximum Gasteiger partial charge on any atom is 0.416 e. The average Bonchev–Trinajstić information content (AvgIpc) is 3.12. The fraction of sp³-hybridized carbons (Fsp3) is 0.316. The molecule has 0 saturated carbocycles. The van der Waals surface area contributed by atoms with E-state index in [-0.39, 0.29) is 0 Å². The van der Waals surface area contributed by atoms with Crippen LogP contribution in [0.2, 0.25) is 5.02 Å². The molecule has 1 aliphatic rings. The summed E-state index contributed by atoms with van der Waals surface area (Å²) in [6.07, 6.45) is -4.80. The Morgan fingerprint density at radius 1 is 1.18 bits per heavy atom. The quantitative estimate of drug-likeness (QED) is 0.551. The summed E-state index contributed by atoms with van der Waals surface area (Å²) in [5.41, 5.74) is -4.20. The zero-order valence-electron chi connectivity index (χ0n) is 16.8. The van der Waals surface area contributed by atoms with E-state index in [2.05, 4.69) is 0 Å². The van der Waals surface area contributed by atoms with Gasteiger partial charge in [0.25, 0.3) is 0 Å². The minimum Gasteiger partial charge on any atom is -0.393 e. The number of hydrogen-bond donors (Lipinski definition) is 2. The van der Waals surface area contributed by atoms with Gasteiger partial charge in [0, 0.05) is 13.1 Å². The van der Waals surface area contributed by atoms with Crippen LogP contribution in [0.1, 0.15) is 11.1 Å². The van der Waals surface area contributed by atoms with Crippen LogP contribution in [0.3, 0.4) is 0 Å². The Labute approximate surface area is 196 Å². The summed E-state index contributed by atoms with van der Waals surface area (Å²) in [5.74, 6) is -1.17. The minimum absolute atomic E-state index is 0.385. The number of rotatable bonds is 5. The molecule has 1 heterocycles. The van der Waals surface area contributed by atoms with Crippen LogP contribution in [-0.4, -0.2) is 61.9 Å². The molecule has 0 bridgehead atoms.